The summed E-state index contributed by atoms with van der Waals surface area (Å²) in [6, 6.07) is 8.46. The fourth-order valence-electron chi connectivity index (χ4n) is 3.29. The predicted molar refractivity (Wildman–Crippen MR) is 80.9 cm³/mol. The second kappa shape index (κ2) is 5.46. The number of alkyl halides is 1. The van der Waals surface area contributed by atoms with E-state index in [4.69, 9.17) is 21.8 Å². The third-order valence-corrected chi connectivity index (χ3v) is 4.43. The average molecular weight is 288 g/mol. The van der Waals surface area contributed by atoms with E-state index in [9.17, 15) is 0 Å². The van der Waals surface area contributed by atoms with E-state index in [0.717, 1.165) is 29.2 Å². The minimum Gasteiger partial charge on any atom is -0.325 e. The van der Waals surface area contributed by atoms with Gasteiger partial charge in [-0.3, -0.25) is 0 Å². The molecule has 2 unspecified atom stereocenters. The Labute approximate surface area is 124 Å². The first kappa shape index (κ1) is 13.5. The predicted octanol–water partition coefficient (Wildman–Crippen LogP) is 4.05. The molecule has 1 saturated carbocycles. The van der Waals surface area contributed by atoms with Gasteiger partial charge in [-0.1, -0.05) is 6.92 Å². The number of halogens is 1. The van der Waals surface area contributed by atoms with Crippen molar-refractivity contribution in [1.82, 2.24) is 9.55 Å². The first-order valence-corrected chi connectivity index (χ1v) is 7.73. The van der Waals surface area contributed by atoms with Gasteiger partial charge in [-0.2, -0.15) is 5.26 Å². The molecule has 1 fully saturated rings. The van der Waals surface area contributed by atoms with Gasteiger partial charge >= 0.3 is 0 Å². The maximum atomic E-state index is 9.10. The van der Waals surface area contributed by atoms with Crippen LogP contribution in [0.15, 0.2) is 18.2 Å². The summed E-state index contributed by atoms with van der Waals surface area (Å²) in [5.74, 6) is 2.40. The number of imidazole rings is 1. The highest BCUT2D eigenvalue weighted by Crippen LogP contribution is 2.37. The van der Waals surface area contributed by atoms with E-state index in [1.165, 1.54) is 19.3 Å². The van der Waals surface area contributed by atoms with Gasteiger partial charge in [-0.15, -0.1) is 11.6 Å². The van der Waals surface area contributed by atoms with Crippen molar-refractivity contribution in [3.8, 4) is 6.07 Å². The van der Waals surface area contributed by atoms with Crippen LogP contribution in [0.5, 0.6) is 0 Å². The zero-order valence-corrected chi connectivity index (χ0v) is 12.4. The molecular weight excluding hydrogens is 270 g/mol. The zero-order chi connectivity index (χ0) is 14.1. The second-order valence-corrected chi connectivity index (χ2v) is 6.10. The molecule has 0 amide bonds. The lowest BCUT2D eigenvalue weighted by Crippen LogP contribution is -2.10. The van der Waals surface area contributed by atoms with E-state index >= 15 is 0 Å². The Morgan fingerprint density at radius 3 is 2.95 bits per heavy atom. The highest BCUT2D eigenvalue weighted by molar-refractivity contribution is 6.17. The van der Waals surface area contributed by atoms with Crippen molar-refractivity contribution in [1.29, 1.82) is 5.26 Å². The molecule has 2 aromatic rings. The Kier molecular flexibility index (Phi) is 3.67. The van der Waals surface area contributed by atoms with Gasteiger partial charge in [0.1, 0.15) is 5.82 Å². The van der Waals surface area contributed by atoms with E-state index in [1.54, 1.807) is 0 Å². The smallest absolute Gasteiger partial charge is 0.111 e. The van der Waals surface area contributed by atoms with Gasteiger partial charge in [0.15, 0.2) is 0 Å². The SMILES string of the molecule is CC1CCC(n2c(CCCl)nc3ccc(C#N)cc32)C1. The Morgan fingerprint density at radius 2 is 2.30 bits per heavy atom. The number of aromatic nitrogens is 2. The summed E-state index contributed by atoms with van der Waals surface area (Å²) >= 11 is 5.92. The Hall–Kier alpha value is -1.53. The summed E-state index contributed by atoms with van der Waals surface area (Å²) in [6.45, 7) is 2.31. The van der Waals surface area contributed by atoms with Gasteiger partial charge in [0, 0.05) is 18.3 Å². The van der Waals surface area contributed by atoms with Crippen molar-refractivity contribution in [2.75, 3.05) is 5.88 Å². The summed E-state index contributed by atoms with van der Waals surface area (Å²) in [7, 11) is 0. The molecule has 20 heavy (non-hydrogen) atoms. The van der Waals surface area contributed by atoms with Gasteiger partial charge in [0.05, 0.1) is 22.7 Å². The van der Waals surface area contributed by atoms with Gasteiger partial charge < -0.3 is 4.57 Å². The first-order chi connectivity index (χ1) is 9.72. The fraction of sp³-hybridized carbons (Fsp3) is 0.500. The molecule has 3 rings (SSSR count). The number of rotatable bonds is 3. The van der Waals surface area contributed by atoms with Crippen LogP contribution < -0.4 is 0 Å². The lowest BCUT2D eigenvalue weighted by molar-refractivity contribution is 0.490. The van der Waals surface area contributed by atoms with Gasteiger partial charge in [-0.25, -0.2) is 4.98 Å². The van der Waals surface area contributed by atoms with Crippen molar-refractivity contribution in [2.24, 2.45) is 5.92 Å². The number of aryl methyl sites for hydroxylation is 1. The fourth-order valence-corrected chi connectivity index (χ4v) is 3.46. The topological polar surface area (TPSA) is 41.6 Å². The minimum atomic E-state index is 0.502. The molecule has 104 valence electrons. The van der Waals surface area contributed by atoms with E-state index in [2.05, 4.69) is 17.6 Å². The molecule has 0 spiro atoms. The largest absolute Gasteiger partial charge is 0.325 e. The lowest BCUT2D eigenvalue weighted by Gasteiger charge is -2.16. The maximum Gasteiger partial charge on any atom is 0.111 e. The normalized spacial score (nSPS) is 22.2. The molecule has 1 aliphatic rings. The van der Waals surface area contributed by atoms with E-state index < -0.39 is 0 Å². The summed E-state index contributed by atoms with van der Waals surface area (Å²) in [6.07, 6.45) is 4.43. The Morgan fingerprint density at radius 1 is 1.45 bits per heavy atom. The van der Waals surface area contributed by atoms with Crippen LogP contribution in [-0.2, 0) is 6.42 Å². The van der Waals surface area contributed by atoms with Crippen molar-refractivity contribution in [2.45, 2.75) is 38.6 Å². The summed E-state index contributed by atoms with van der Waals surface area (Å²) < 4.78 is 2.34. The van der Waals surface area contributed by atoms with Crippen LogP contribution in [-0.4, -0.2) is 15.4 Å². The molecule has 0 N–H and O–H groups in total. The molecular formula is C16H18ClN3. The summed E-state index contributed by atoms with van der Waals surface area (Å²) in [5.41, 5.74) is 2.76. The van der Waals surface area contributed by atoms with Gasteiger partial charge in [-0.05, 0) is 43.4 Å². The average Bonchev–Trinajstić information content (AvgIpc) is 3.01. The highest BCUT2D eigenvalue weighted by Gasteiger charge is 2.26. The minimum absolute atomic E-state index is 0.502. The van der Waals surface area contributed by atoms with Crippen LogP contribution in [0.2, 0.25) is 0 Å². The van der Waals surface area contributed by atoms with Crippen molar-refractivity contribution in [3.63, 3.8) is 0 Å². The van der Waals surface area contributed by atoms with E-state index in [0.29, 0.717) is 17.5 Å². The molecule has 1 aromatic carbocycles. The van der Waals surface area contributed by atoms with Gasteiger partial charge in [0.25, 0.3) is 0 Å². The summed E-state index contributed by atoms with van der Waals surface area (Å²) in [4.78, 5) is 4.72. The van der Waals surface area contributed by atoms with E-state index in [1.807, 2.05) is 18.2 Å². The van der Waals surface area contributed by atoms with Crippen LogP contribution >= 0.6 is 11.6 Å². The van der Waals surface area contributed by atoms with Crippen LogP contribution in [0.25, 0.3) is 11.0 Å². The number of nitriles is 1. The molecule has 0 radical (unpaired) electrons. The van der Waals surface area contributed by atoms with Gasteiger partial charge in [0.2, 0.25) is 0 Å². The van der Waals surface area contributed by atoms with Crippen molar-refractivity contribution >= 4 is 22.6 Å². The third-order valence-electron chi connectivity index (χ3n) is 4.24. The first-order valence-electron chi connectivity index (χ1n) is 7.20. The maximum absolute atomic E-state index is 9.10. The number of fused-ring (bicyclic) bond motifs is 1. The number of hydrogen-bond acceptors (Lipinski definition) is 2. The zero-order valence-electron chi connectivity index (χ0n) is 11.6. The molecule has 3 nitrogen and oxygen atoms in total. The molecule has 2 atom stereocenters. The van der Waals surface area contributed by atoms with Crippen molar-refractivity contribution < 1.29 is 0 Å². The Bertz CT molecular complexity index is 668. The monoisotopic (exact) mass is 287 g/mol. The highest BCUT2D eigenvalue weighted by atomic mass is 35.5. The third kappa shape index (κ3) is 2.29. The van der Waals surface area contributed by atoms with Crippen LogP contribution in [0.3, 0.4) is 0 Å². The molecule has 1 aromatic heterocycles. The standard InChI is InChI=1S/C16H18ClN3/c1-11-2-4-13(8-11)20-15-9-12(10-18)3-5-14(15)19-16(20)6-7-17/h3,5,9,11,13H,2,4,6-8H2,1H3. The number of benzene rings is 1. The molecule has 0 saturated heterocycles. The van der Waals surface area contributed by atoms with E-state index in [-0.39, 0.29) is 0 Å². The lowest BCUT2D eigenvalue weighted by atomic mass is 10.1. The summed E-state index contributed by atoms with van der Waals surface area (Å²) in [5, 5.41) is 9.10. The quantitative estimate of drug-likeness (QED) is 0.799. The van der Waals surface area contributed by atoms with Crippen LogP contribution in [0.4, 0.5) is 0 Å². The van der Waals surface area contributed by atoms with Crippen LogP contribution in [0, 0.1) is 17.2 Å². The molecule has 0 aliphatic heterocycles. The molecule has 4 heteroatoms. The molecule has 1 aliphatic carbocycles. The number of nitrogens with zero attached hydrogens (tertiary/aromatic N) is 3. The molecule has 1 heterocycles. The second-order valence-electron chi connectivity index (χ2n) is 5.72. The Balaban J connectivity index is 2.14. The van der Waals surface area contributed by atoms with Crippen LogP contribution in [0.1, 0.15) is 43.6 Å². The number of hydrogen-bond donors (Lipinski definition) is 0. The molecule has 0 bridgehead atoms. The van der Waals surface area contributed by atoms with Crippen molar-refractivity contribution in [3.05, 3.63) is 29.6 Å².